The molecular weight excluding hydrogens is 240 g/mol. The largest absolute Gasteiger partial charge is 0.393 e. The summed E-state index contributed by atoms with van der Waals surface area (Å²) in [5.41, 5.74) is 1.61. The van der Waals surface area contributed by atoms with Crippen molar-refractivity contribution in [1.29, 1.82) is 0 Å². The summed E-state index contributed by atoms with van der Waals surface area (Å²) in [5, 5.41) is 14.8. The molecule has 1 rings (SSSR count). The van der Waals surface area contributed by atoms with Crippen LogP contribution in [-0.4, -0.2) is 23.8 Å². The lowest BCUT2D eigenvalue weighted by Gasteiger charge is -2.10. The first-order chi connectivity index (χ1) is 7.99. The van der Waals surface area contributed by atoms with Crippen molar-refractivity contribution in [2.24, 2.45) is 0 Å². The van der Waals surface area contributed by atoms with Gasteiger partial charge in [0.25, 0.3) is 0 Å². The lowest BCUT2D eigenvalue weighted by molar-refractivity contribution is 0.184. The number of anilines is 1. The van der Waals surface area contributed by atoms with E-state index in [2.05, 4.69) is 10.6 Å². The van der Waals surface area contributed by atoms with E-state index in [-0.39, 0.29) is 6.03 Å². The molecule has 1 atom stereocenters. The molecule has 4 nitrogen and oxygen atoms in total. The van der Waals surface area contributed by atoms with Gasteiger partial charge in [-0.3, -0.25) is 0 Å². The third kappa shape index (κ3) is 5.06. The van der Waals surface area contributed by atoms with E-state index in [1.807, 2.05) is 13.0 Å². The number of aliphatic hydroxyl groups excluding tert-OH is 1. The smallest absolute Gasteiger partial charge is 0.319 e. The summed E-state index contributed by atoms with van der Waals surface area (Å²) in [6.07, 6.45) is 0.105. The highest BCUT2D eigenvalue weighted by molar-refractivity contribution is 6.33. The minimum atomic E-state index is -0.418. The van der Waals surface area contributed by atoms with Crippen LogP contribution in [0.1, 0.15) is 18.9 Å². The number of urea groups is 1. The van der Waals surface area contributed by atoms with Gasteiger partial charge < -0.3 is 15.7 Å². The van der Waals surface area contributed by atoms with Crippen molar-refractivity contribution in [3.8, 4) is 0 Å². The molecule has 0 saturated heterocycles. The molecule has 1 aromatic rings. The standard InChI is InChI=1S/C12H17ClN2O2/c1-8-3-4-11(10(13)7-8)15-12(17)14-6-5-9(2)16/h3-4,7,9,16H,5-6H2,1-2H3,(H2,14,15,17). The van der Waals surface area contributed by atoms with Gasteiger partial charge in [0.05, 0.1) is 16.8 Å². The van der Waals surface area contributed by atoms with E-state index in [4.69, 9.17) is 16.7 Å². The number of aliphatic hydroxyl groups is 1. The summed E-state index contributed by atoms with van der Waals surface area (Å²) in [7, 11) is 0. The van der Waals surface area contributed by atoms with Crippen LogP contribution < -0.4 is 10.6 Å². The van der Waals surface area contributed by atoms with Crippen LogP contribution in [0.25, 0.3) is 0 Å². The maximum absolute atomic E-state index is 11.5. The van der Waals surface area contributed by atoms with Crippen LogP contribution in [0.3, 0.4) is 0 Å². The van der Waals surface area contributed by atoms with Crippen LogP contribution in [0, 0.1) is 6.92 Å². The lowest BCUT2D eigenvalue weighted by atomic mass is 10.2. The number of carbonyl (C=O) groups is 1. The maximum atomic E-state index is 11.5. The Morgan fingerprint density at radius 2 is 2.24 bits per heavy atom. The second kappa shape index (κ2) is 6.47. The number of halogens is 1. The van der Waals surface area contributed by atoms with Crippen molar-refractivity contribution in [1.82, 2.24) is 5.32 Å². The fourth-order valence-electron chi connectivity index (χ4n) is 1.28. The predicted octanol–water partition coefficient (Wildman–Crippen LogP) is 2.54. The second-order valence-electron chi connectivity index (χ2n) is 4.00. The number of hydrogen-bond acceptors (Lipinski definition) is 2. The Morgan fingerprint density at radius 1 is 1.53 bits per heavy atom. The van der Waals surface area contributed by atoms with Gasteiger partial charge in [-0.25, -0.2) is 4.79 Å². The van der Waals surface area contributed by atoms with Crippen LogP contribution in [0.4, 0.5) is 10.5 Å². The van der Waals surface area contributed by atoms with Gasteiger partial charge in [-0.15, -0.1) is 0 Å². The van der Waals surface area contributed by atoms with Gasteiger partial charge in [0.15, 0.2) is 0 Å². The Hall–Kier alpha value is -1.26. The average Bonchev–Trinajstić information content (AvgIpc) is 2.21. The zero-order valence-electron chi connectivity index (χ0n) is 9.96. The van der Waals surface area contributed by atoms with Gasteiger partial charge in [-0.1, -0.05) is 17.7 Å². The molecule has 0 heterocycles. The molecule has 17 heavy (non-hydrogen) atoms. The fraction of sp³-hybridized carbons (Fsp3) is 0.417. The third-order valence-electron chi connectivity index (χ3n) is 2.22. The number of hydrogen-bond donors (Lipinski definition) is 3. The molecule has 2 amide bonds. The van der Waals surface area contributed by atoms with Crippen molar-refractivity contribution >= 4 is 23.3 Å². The van der Waals surface area contributed by atoms with E-state index in [9.17, 15) is 4.79 Å². The zero-order valence-corrected chi connectivity index (χ0v) is 10.7. The number of benzene rings is 1. The first kappa shape index (κ1) is 13.8. The highest BCUT2D eigenvalue weighted by atomic mass is 35.5. The number of amides is 2. The summed E-state index contributed by atoms with van der Waals surface area (Å²) in [6, 6.07) is 5.09. The average molecular weight is 257 g/mol. The molecule has 1 unspecified atom stereocenters. The lowest BCUT2D eigenvalue weighted by Crippen LogP contribution is -2.30. The van der Waals surface area contributed by atoms with Crippen LogP contribution in [-0.2, 0) is 0 Å². The first-order valence-electron chi connectivity index (χ1n) is 5.48. The minimum absolute atomic E-state index is 0.323. The Labute approximate surface area is 106 Å². The number of rotatable bonds is 4. The molecule has 5 heteroatoms. The summed E-state index contributed by atoms with van der Waals surface area (Å²) >= 11 is 5.98. The molecule has 0 fully saturated rings. The van der Waals surface area contributed by atoms with Crippen LogP contribution in [0.15, 0.2) is 18.2 Å². The van der Waals surface area contributed by atoms with Crippen molar-refractivity contribution < 1.29 is 9.90 Å². The van der Waals surface area contributed by atoms with E-state index < -0.39 is 6.10 Å². The zero-order chi connectivity index (χ0) is 12.8. The summed E-state index contributed by atoms with van der Waals surface area (Å²) < 4.78 is 0. The molecule has 0 spiro atoms. The number of nitrogens with one attached hydrogen (secondary N) is 2. The quantitative estimate of drug-likeness (QED) is 0.775. The van der Waals surface area contributed by atoms with E-state index >= 15 is 0 Å². The molecule has 94 valence electrons. The van der Waals surface area contributed by atoms with E-state index in [0.29, 0.717) is 23.7 Å². The summed E-state index contributed by atoms with van der Waals surface area (Å²) in [5.74, 6) is 0. The topological polar surface area (TPSA) is 61.4 Å². The Bertz CT molecular complexity index is 394. The molecule has 0 bridgehead atoms. The van der Waals surface area contributed by atoms with Crippen molar-refractivity contribution in [3.63, 3.8) is 0 Å². The molecular formula is C12H17ClN2O2. The molecule has 0 aliphatic heterocycles. The van der Waals surface area contributed by atoms with Gasteiger partial charge in [-0.05, 0) is 38.0 Å². The Kier molecular flexibility index (Phi) is 5.25. The van der Waals surface area contributed by atoms with Gasteiger partial charge in [0.1, 0.15) is 0 Å². The molecule has 0 aliphatic rings. The predicted molar refractivity (Wildman–Crippen MR) is 69.5 cm³/mol. The van der Waals surface area contributed by atoms with Gasteiger partial charge in [-0.2, -0.15) is 0 Å². The molecule has 0 saturated carbocycles. The van der Waals surface area contributed by atoms with E-state index in [0.717, 1.165) is 5.56 Å². The minimum Gasteiger partial charge on any atom is -0.393 e. The van der Waals surface area contributed by atoms with Crippen molar-refractivity contribution in [3.05, 3.63) is 28.8 Å². The molecule has 0 aliphatic carbocycles. The third-order valence-corrected chi connectivity index (χ3v) is 2.53. The van der Waals surface area contributed by atoms with Crippen molar-refractivity contribution in [2.75, 3.05) is 11.9 Å². The van der Waals surface area contributed by atoms with E-state index in [1.54, 1.807) is 19.1 Å². The molecule has 3 N–H and O–H groups in total. The molecule has 0 aromatic heterocycles. The molecule has 1 aromatic carbocycles. The van der Waals surface area contributed by atoms with Gasteiger partial charge in [0, 0.05) is 6.54 Å². The number of aryl methyl sites for hydroxylation is 1. The van der Waals surface area contributed by atoms with Crippen LogP contribution >= 0.6 is 11.6 Å². The van der Waals surface area contributed by atoms with Crippen molar-refractivity contribution in [2.45, 2.75) is 26.4 Å². The van der Waals surface area contributed by atoms with E-state index in [1.165, 1.54) is 0 Å². The van der Waals surface area contributed by atoms with Gasteiger partial charge >= 0.3 is 6.03 Å². The highest BCUT2D eigenvalue weighted by Crippen LogP contribution is 2.22. The van der Waals surface area contributed by atoms with Crippen LogP contribution in [0.5, 0.6) is 0 Å². The molecule has 0 radical (unpaired) electrons. The summed E-state index contributed by atoms with van der Waals surface area (Å²) in [4.78, 5) is 11.5. The first-order valence-corrected chi connectivity index (χ1v) is 5.86. The normalized spacial score (nSPS) is 12.0. The monoisotopic (exact) mass is 256 g/mol. The van der Waals surface area contributed by atoms with Gasteiger partial charge in [0.2, 0.25) is 0 Å². The maximum Gasteiger partial charge on any atom is 0.319 e. The number of carbonyl (C=O) groups excluding carboxylic acids is 1. The highest BCUT2D eigenvalue weighted by Gasteiger charge is 2.05. The fourth-order valence-corrected chi connectivity index (χ4v) is 1.56. The van der Waals surface area contributed by atoms with Crippen LogP contribution in [0.2, 0.25) is 5.02 Å². The Balaban J connectivity index is 2.45. The summed E-state index contributed by atoms with van der Waals surface area (Å²) in [6.45, 7) is 4.03. The Morgan fingerprint density at radius 3 is 2.82 bits per heavy atom. The second-order valence-corrected chi connectivity index (χ2v) is 4.41. The SMILES string of the molecule is Cc1ccc(NC(=O)NCCC(C)O)c(Cl)c1.